The van der Waals surface area contributed by atoms with Gasteiger partial charge >= 0.3 is 0 Å². The normalized spacial score (nSPS) is 18.6. The zero-order chi connectivity index (χ0) is 13.9. The standard InChI is InChI=1S/C16H20N2O2/c1-2-14-13(12-5-3-4-6-15(12)20-14)10-17-9-11-7-8-16(19)18-11/h3-6,11,17H,2,7-10H2,1H3,(H,18,19). The van der Waals surface area contributed by atoms with Crippen LogP contribution >= 0.6 is 0 Å². The summed E-state index contributed by atoms with van der Waals surface area (Å²) in [6.07, 6.45) is 2.48. The first kappa shape index (κ1) is 13.2. The third-order valence-electron chi connectivity index (χ3n) is 3.88. The molecule has 1 aromatic heterocycles. The largest absolute Gasteiger partial charge is 0.461 e. The third-order valence-corrected chi connectivity index (χ3v) is 3.88. The molecule has 20 heavy (non-hydrogen) atoms. The van der Waals surface area contributed by atoms with Crippen molar-refractivity contribution in [3.8, 4) is 0 Å². The molecule has 1 fully saturated rings. The van der Waals surface area contributed by atoms with Crippen LogP contribution in [0, 0.1) is 0 Å². The van der Waals surface area contributed by atoms with E-state index in [1.54, 1.807) is 0 Å². The van der Waals surface area contributed by atoms with Gasteiger partial charge in [0.1, 0.15) is 11.3 Å². The predicted octanol–water partition coefficient (Wildman–Crippen LogP) is 2.36. The Morgan fingerprint density at radius 1 is 1.40 bits per heavy atom. The fourth-order valence-electron chi connectivity index (χ4n) is 2.83. The van der Waals surface area contributed by atoms with E-state index in [0.717, 1.165) is 37.3 Å². The van der Waals surface area contributed by atoms with E-state index in [1.807, 2.05) is 18.2 Å². The van der Waals surface area contributed by atoms with Crippen molar-refractivity contribution < 1.29 is 9.21 Å². The Bertz CT molecular complexity index is 618. The van der Waals surface area contributed by atoms with E-state index < -0.39 is 0 Å². The van der Waals surface area contributed by atoms with Gasteiger partial charge in [-0.25, -0.2) is 0 Å². The summed E-state index contributed by atoms with van der Waals surface area (Å²) >= 11 is 0. The monoisotopic (exact) mass is 272 g/mol. The Kier molecular flexibility index (Phi) is 3.74. The number of benzene rings is 1. The van der Waals surface area contributed by atoms with Crippen molar-refractivity contribution in [1.82, 2.24) is 10.6 Å². The minimum Gasteiger partial charge on any atom is -0.461 e. The van der Waals surface area contributed by atoms with Crippen molar-refractivity contribution in [2.75, 3.05) is 6.54 Å². The summed E-state index contributed by atoms with van der Waals surface area (Å²) in [4.78, 5) is 11.2. The number of furan rings is 1. The number of rotatable bonds is 5. The second kappa shape index (κ2) is 5.67. The molecule has 2 aromatic rings. The minimum absolute atomic E-state index is 0.166. The second-order valence-corrected chi connectivity index (χ2v) is 5.29. The maximum Gasteiger partial charge on any atom is 0.220 e. The lowest BCUT2D eigenvalue weighted by Crippen LogP contribution is -2.35. The van der Waals surface area contributed by atoms with Crippen LogP contribution in [-0.4, -0.2) is 18.5 Å². The van der Waals surface area contributed by atoms with Crippen molar-refractivity contribution in [1.29, 1.82) is 0 Å². The van der Waals surface area contributed by atoms with Gasteiger partial charge in [0.25, 0.3) is 0 Å². The minimum atomic E-state index is 0.166. The molecule has 2 heterocycles. The quantitative estimate of drug-likeness (QED) is 0.878. The average molecular weight is 272 g/mol. The van der Waals surface area contributed by atoms with Crippen LogP contribution in [0.15, 0.2) is 28.7 Å². The molecule has 4 heteroatoms. The Morgan fingerprint density at radius 3 is 3.00 bits per heavy atom. The molecule has 0 radical (unpaired) electrons. The molecule has 0 saturated carbocycles. The van der Waals surface area contributed by atoms with Gasteiger partial charge in [-0.05, 0) is 12.5 Å². The summed E-state index contributed by atoms with van der Waals surface area (Å²) in [7, 11) is 0. The summed E-state index contributed by atoms with van der Waals surface area (Å²) in [6, 6.07) is 8.42. The highest BCUT2D eigenvalue weighted by molar-refractivity contribution is 5.82. The lowest BCUT2D eigenvalue weighted by molar-refractivity contribution is -0.119. The Labute approximate surface area is 118 Å². The Morgan fingerprint density at radius 2 is 2.25 bits per heavy atom. The van der Waals surface area contributed by atoms with E-state index in [4.69, 9.17) is 4.42 Å². The number of para-hydroxylation sites is 1. The first-order valence-electron chi connectivity index (χ1n) is 7.27. The van der Waals surface area contributed by atoms with Gasteiger partial charge in [0, 0.05) is 42.9 Å². The molecule has 1 aliphatic rings. The number of amides is 1. The number of carbonyl (C=O) groups is 1. The molecular weight excluding hydrogens is 252 g/mol. The summed E-state index contributed by atoms with van der Waals surface area (Å²) in [6.45, 7) is 3.71. The number of hydrogen-bond acceptors (Lipinski definition) is 3. The summed E-state index contributed by atoms with van der Waals surface area (Å²) in [5, 5.41) is 7.60. The van der Waals surface area contributed by atoms with E-state index in [-0.39, 0.29) is 11.9 Å². The topological polar surface area (TPSA) is 54.3 Å². The first-order valence-corrected chi connectivity index (χ1v) is 7.27. The predicted molar refractivity (Wildman–Crippen MR) is 78.5 cm³/mol. The van der Waals surface area contributed by atoms with Gasteiger partial charge in [-0.2, -0.15) is 0 Å². The van der Waals surface area contributed by atoms with Crippen LogP contribution in [0.3, 0.4) is 0 Å². The van der Waals surface area contributed by atoms with E-state index in [9.17, 15) is 4.79 Å². The molecule has 1 atom stereocenters. The zero-order valence-electron chi connectivity index (χ0n) is 11.7. The van der Waals surface area contributed by atoms with Gasteiger partial charge in [0.15, 0.2) is 0 Å². The molecule has 1 unspecified atom stereocenters. The molecule has 0 bridgehead atoms. The maximum atomic E-state index is 11.2. The molecule has 2 N–H and O–H groups in total. The van der Waals surface area contributed by atoms with E-state index >= 15 is 0 Å². The van der Waals surface area contributed by atoms with Gasteiger partial charge in [0.2, 0.25) is 5.91 Å². The van der Waals surface area contributed by atoms with Gasteiger partial charge in [0.05, 0.1) is 0 Å². The van der Waals surface area contributed by atoms with Crippen LogP contribution in [0.1, 0.15) is 31.1 Å². The van der Waals surface area contributed by atoms with Gasteiger partial charge in [-0.3, -0.25) is 4.79 Å². The number of hydrogen-bond donors (Lipinski definition) is 2. The number of fused-ring (bicyclic) bond motifs is 1. The molecule has 1 saturated heterocycles. The summed E-state index contributed by atoms with van der Waals surface area (Å²) in [5.74, 6) is 1.22. The molecule has 1 aliphatic heterocycles. The van der Waals surface area contributed by atoms with E-state index in [2.05, 4.69) is 23.6 Å². The molecule has 0 aliphatic carbocycles. The van der Waals surface area contributed by atoms with Crippen LogP contribution < -0.4 is 10.6 Å². The van der Waals surface area contributed by atoms with Crippen molar-refractivity contribution >= 4 is 16.9 Å². The van der Waals surface area contributed by atoms with E-state index in [1.165, 1.54) is 10.9 Å². The first-order chi connectivity index (χ1) is 9.78. The second-order valence-electron chi connectivity index (χ2n) is 5.29. The molecule has 1 amide bonds. The fraction of sp³-hybridized carbons (Fsp3) is 0.438. The maximum absolute atomic E-state index is 11.2. The van der Waals surface area contributed by atoms with Crippen molar-refractivity contribution in [2.45, 2.75) is 38.8 Å². The highest BCUT2D eigenvalue weighted by Crippen LogP contribution is 2.26. The highest BCUT2D eigenvalue weighted by Gasteiger charge is 2.20. The lowest BCUT2D eigenvalue weighted by atomic mass is 10.1. The highest BCUT2D eigenvalue weighted by atomic mass is 16.3. The molecule has 0 spiro atoms. The zero-order valence-corrected chi connectivity index (χ0v) is 11.7. The Hall–Kier alpha value is -1.81. The van der Waals surface area contributed by atoms with Gasteiger partial charge < -0.3 is 15.1 Å². The number of carbonyl (C=O) groups excluding carboxylic acids is 1. The lowest BCUT2D eigenvalue weighted by Gasteiger charge is -2.11. The SMILES string of the molecule is CCc1oc2ccccc2c1CNCC1CCC(=O)N1. The van der Waals surface area contributed by atoms with Crippen LogP contribution in [0.25, 0.3) is 11.0 Å². The fourth-order valence-corrected chi connectivity index (χ4v) is 2.83. The molecular formula is C16H20N2O2. The molecule has 106 valence electrons. The smallest absolute Gasteiger partial charge is 0.220 e. The van der Waals surface area contributed by atoms with Crippen molar-refractivity contribution in [2.24, 2.45) is 0 Å². The summed E-state index contributed by atoms with van der Waals surface area (Å²) in [5.41, 5.74) is 2.20. The molecule has 4 nitrogen and oxygen atoms in total. The molecule has 3 rings (SSSR count). The molecule has 1 aromatic carbocycles. The van der Waals surface area contributed by atoms with Crippen molar-refractivity contribution in [3.63, 3.8) is 0 Å². The Balaban J connectivity index is 1.68. The third kappa shape index (κ3) is 2.56. The average Bonchev–Trinajstić information content (AvgIpc) is 3.03. The number of aryl methyl sites for hydroxylation is 1. The van der Waals surface area contributed by atoms with Crippen molar-refractivity contribution in [3.05, 3.63) is 35.6 Å². The van der Waals surface area contributed by atoms with Gasteiger partial charge in [-0.1, -0.05) is 25.1 Å². The van der Waals surface area contributed by atoms with Crippen LogP contribution in [0.4, 0.5) is 0 Å². The van der Waals surface area contributed by atoms with Crippen LogP contribution in [-0.2, 0) is 17.8 Å². The van der Waals surface area contributed by atoms with Crippen LogP contribution in [0.2, 0.25) is 0 Å². The summed E-state index contributed by atoms with van der Waals surface area (Å²) < 4.78 is 5.88. The van der Waals surface area contributed by atoms with E-state index in [0.29, 0.717) is 6.42 Å². The number of nitrogens with one attached hydrogen (secondary N) is 2. The van der Waals surface area contributed by atoms with Gasteiger partial charge in [-0.15, -0.1) is 0 Å². The van der Waals surface area contributed by atoms with Crippen LogP contribution in [0.5, 0.6) is 0 Å².